The van der Waals surface area contributed by atoms with Crippen molar-refractivity contribution < 1.29 is 28.7 Å². The molecule has 0 spiro atoms. The summed E-state index contributed by atoms with van der Waals surface area (Å²) in [4.78, 5) is 26.4. The predicted molar refractivity (Wildman–Crippen MR) is 95.4 cm³/mol. The molecule has 3 aliphatic rings. The maximum atomic E-state index is 12.8. The number of nitrogens with one attached hydrogen (secondary N) is 3. The molecule has 1 atom stereocenters. The highest BCUT2D eigenvalue weighted by molar-refractivity contribution is 5.95. The molecule has 2 amide bonds. The molecule has 0 aromatic heterocycles. The summed E-state index contributed by atoms with van der Waals surface area (Å²) >= 11 is 0. The molecule has 0 aliphatic carbocycles. The lowest BCUT2D eigenvalue weighted by Gasteiger charge is -2.30. The van der Waals surface area contributed by atoms with Gasteiger partial charge >= 0.3 is 12.0 Å². The summed E-state index contributed by atoms with van der Waals surface area (Å²) in [6.07, 6.45) is 2.32. The van der Waals surface area contributed by atoms with Gasteiger partial charge in [0.1, 0.15) is 6.54 Å². The zero-order chi connectivity index (χ0) is 18.8. The van der Waals surface area contributed by atoms with E-state index in [1.54, 1.807) is 19.1 Å². The van der Waals surface area contributed by atoms with Crippen molar-refractivity contribution in [1.29, 1.82) is 0 Å². The molecule has 0 saturated carbocycles. The number of hydrogen-bond acceptors (Lipinski definition) is 5. The average molecular weight is 374 g/mol. The number of fused-ring (bicyclic) bond motifs is 1. The van der Waals surface area contributed by atoms with Gasteiger partial charge in [0.15, 0.2) is 11.5 Å². The zero-order valence-corrected chi connectivity index (χ0v) is 15.3. The first kappa shape index (κ1) is 17.7. The number of ether oxygens (including phenoxy) is 3. The van der Waals surface area contributed by atoms with Crippen molar-refractivity contribution in [3.05, 3.63) is 35.0 Å². The third-order valence-corrected chi connectivity index (χ3v) is 5.12. The highest BCUT2D eigenvalue weighted by Gasteiger charge is 2.36. The van der Waals surface area contributed by atoms with Gasteiger partial charge in [0.2, 0.25) is 6.79 Å². The SMILES string of the molecule is CCOC(=O)C1=C(C[NH+]2CCCC2)NC(=O)N[C@H]1c1ccc2c(c1)OCO2. The minimum absolute atomic E-state index is 0.168. The van der Waals surface area contributed by atoms with Gasteiger partial charge in [-0.3, -0.25) is 0 Å². The summed E-state index contributed by atoms with van der Waals surface area (Å²) < 4.78 is 16.1. The standard InChI is InChI=1S/C19H23N3O5/c1-2-25-18(23)16-13(10-22-7-3-4-8-22)20-19(24)21-17(16)12-5-6-14-15(9-12)27-11-26-14/h5-6,9,17H,2-4,7-8,10-11H2,1H3,(H2,20,21,24)/p+1/t17-/m0/s1. The maximum absolute atomic E-state index is 12.8. The molecule has 1 aromatic rings. The van der Waals surface area contributed by atoms with Crippen LogP contribution in [0.3, 0.4) is 0 Å². The fourth-order valence-corrected chi connectivity index (χ4v) is 3.85. The quantitative estimate of drug-likeness (QED) is 0.644. The third kappa shape index (κ3) is 3.57. The van der Waals surface area contributed by atoms with Crippen molar-refractivity contribution in [1.82, 2.24) is 10.6 Å². The van der Waals surface area contributed by atoms with Crippen molar-refractivity contribution >= 4 is 12.0 Å². The van der Waals surface area contributed by atoms with E-state index in [1.807, 2.05) is 6.07 Å². The zero-order valence-electron chi connectivity index (χ0n) is 15.3. The van der Waals surface area contributed by atoms with E-state index in [2.05, 4.69) is 10.6 Å². The van der Waals surface area contributed by atoms with Gasteiger partial charge in [0, 0.05) is 12.8 Å². The first-order valence-electron chi connectivity index (χ1n) is 9.36. The number of carbonyl (C=O) groups excluding carboxylic acids is 2. The van der Waals surface area contributed by atoms with Gasteiger partial charge in [0.25, 0.3) is 0 Å². The van der Waals surface area contributed by atoms with Crippen LogP contribution >= 0.6 is 0 Å². The van der Waals surface area contributed by atoms with Crippen molar-refractivity contribution in [2.24, 2.45) is 0 Å². The summed E-state index contributed by atoms with van der Waals surface area (Å²) in [5.41, 5.74) is 1.84. The minimum atomic E-state index is -0.593. The van der Waals surface area contributed by atoms with Crippen molar-refractivity contribution in [3.8, 4) is 11.5 Å². The number of likely N-dealkylation sites (tertiary alicyclic amines) is 1. The van der Waals surface area contributed by atoms with E-state index >= 15 is 0 Å². The summed E-state index contributed by atoms with van der Waals surface area (Å²) in [6, 6.07) is 4.52. The van der Waals surface area contributed by atoms with Crippen LogP contribution in [-0.2, 0) is 9.53 Å². The summed E-state index contributed by atoms with van der Waals surface area (Å²) in [5, 5.41) is 5.69. The maximum Gasteiger partial charge on any atom is 0.338 e. The molecule has 1 fully saturated rings. The predicted octanol–water partition coefficient (Wildman–Crippen LogP) is 0.265. The minimum Gasteiger partial charge on any atom is -0.463 e. The van der Waals surface area contributed by atoms with Gasteiger partial charge in [0.05, 0.1) is 37.0 Å². The van der Waals surface area contributed by atoms with E-state index in [0.29, 0.717) is 29.3 Å². The Morgan fingerprint density at radius 1 is 1.26 bits per heavy atom. The second kappa shape index (κ2) is 7.48. The van der Waals surface area contributed by atoms with E-state index in [0.717, 1.165) is 31.5 Å². The highest BCUT2D eigenvalue weighted by atomic mass is 16.7. The number of rotatable bonds is 5. The molecular formula is C19H24N3O5+. The number of carbonyl (C=O) groups is 2. The lowest BCUT2D eigenvalue weighted by Crippen LogP contribution is -3.10. The van der Waals surface area contributed by atoms with Crippen LogP contribution in [0.2, 0.25) is 0 Å². The monoisotopic (exact) mass is 374 g/mol. The van der Waals surface area contributed by atoms with E-state index in [4.69, 9.17) is 14.2 Å². The van der Waals surface area contributed by atoms with Gasteiger partial charge in [-0.1, -0.05) is 6.07 Å². The molecule has 144 valence electrons. The smallest absolute Gasteiger partial charge is 0.338 e. The van der Waals surface area contributed by atoms with Gasteiger partial charge in [-0.25, -0.2) is 9.59 Å². The summed E-state index contributed by atoms with van der Waals surface area (Å²) in [6.45, 7) is 4.89. The summed E-state index contributed by atoms with van der Waals surface area (Å²) in [7, 11) is 0. The topological polar surface area (TPSA) is 90.3 Å². The van der Waals surface area contributed by atoms with Crippen LogP contribution < -0.4 is 25.0 Å². The van der Waals surface area contributed by atoms with Crippen molar-refractivity contribution in [3.63, 3.8) is 0 Å². The fraction of sp³-hybridized carbons (Fsp3) is 0.474. The van der Waals surface area contributed by atoms with Crippen LogP contribution in [0, 0.1) is 0 Å². The Kier molecular flexibility index (Phi) is 4.89. The Bertz CT molecular complexity index is 786. The Balaban J connectivity index is 1.72. The Labute approximate surface area is 157 Å². The molecule has 1 aromatic carbocycles. The van der Waals surface area contributed by atoms with Crippen LogP contribution in [0.5, 0.6) is 11.5 Å². The van der Waals surface area contributed by atoms with Crippen molar-refractivity contribution in [2.75, 3.05) is 33.0 Å². The van der Waals surface area contributed by atoms with Crippen LogP contribution in [0.25, 0.3) is 0 Å². The molecular weight excluding hydrogens is 350 g/mol. The number of hydrogen-bond donors (Lipinski definition) is 3. The number of amides is 2. The third-order valence-electron chi connectivity index (χ3n) is 5.12. The lowest BCUT2D eigenvalue weighted by molar-refractivity contribution is -0.882. The molecule has 27 heavy (non-hydrogen) atoms. The molecule has 8 heteroatoms. The van der Waals surface area contributed by atoms with Gasteiger partial charge < -0.3 is 29.7 Å². The summed E-state index contributed by atoms with van der Waals surface area (Å²) in [5.74, 6) is 0.846. The van der Waals surface area contributed by atoms with E-state index in [9.17, 15) is 9.59 Å². The molecule has 0 bridgehead atoms. The Morgan fingerprint density at radius 3 is 2.81 bits per heavy atom. The van der Waals surface area contributed by atoms with E-state index < -0.39 is 12.0 Å². The molecule has 8 nitrogen and oxygen atoms in total. The number of esters is 1. The molecule has 3 aliphatic heterocycles. The fourth-order valence-electron chi connectivity index (χ4n) is 3.85. The second-order valence-electron chi connectivity index (χ2n) is 6.89. The van der Waals surface area contributed by atoms with E-state index in [-0.39, 0.29) is 19.4 Å². The molecule has 4 rings (SSSR count). The molecule has 0 unspecified atom stereocenters. The average Bonchev–Trinajstić information content (AvgIpc) is 3.32. The highest BCUT2D eigenvalue weighted by Crippen LogP contribution is 2.37. The van der Waals surface area contributed by atoms with Gasteiger partial charge in [-0.15, -0.1) is 0 Å². The molecule has 0 radical (unpaired) electrons. The number of quaternary nitrogens is 1. The van der Waals surface area contributed by atoms with Gasteiger partial charge in [-0.05, 0) is 24.6 Å². The Hall–Kier alpha value is -2.74. The lowest BCUT2D eigenvalue weighted by atomic mass is 9.94. The molecule has 3 N–H and O–H groups in total. The van der Waals surface area contributed by atoms with Crippen LogP contribution in [0.1, 0.15) is 31.4 Å². The largest absolute Gasteiger partial charge is 0.463 e. The van der Waals surface area contributed by atoms with Crippen LogP contribution in [0.15, 0.2) is 29.5 Å². The van der Waals surface area contributed by atoms with Gasteiger partial charge in [-0.2, -0.15) is 0 Å². The number of benzene rings is 1. The van der Waals surface area contributed by atoms with Crippen LogP contribution in [0.4, 0.5) is 4.79 Å². The first-order valence-corrected chi connectivity index (χ1v) is 9.36. The first-order chi connectivity index (χ1) is 13.2. The van der Waals surface area contributed by atoms with Crippen LogP contribution in [-0.4, -0.2) is 45.0 Å². The Morgan fingerprint density at radius 2 is 2.04 bits per heavy atom. The van der Waals surface area contributed by atoms with E-state index in [1.165, 1.54) is 4.90 Å². The molecule has 3 heterocycles. The number of urea groups is 1. The van der Waals surface area contributed by atoms with Crippen molar-refractivity contribution in [2.45, 2.75) is 25.8 Å². The molecule has 1 saturated heterocycles. The second-order valence-corrected chi connectivity index (χ2v) is 6.89. The normalized spacial score (nSPS) is 21.8.